The Morgan fingerprint density at radius 2 is 1.79 bits per heavy atom. The minimum absolute atomic E-state index is 0. The topological polar surface area (TPSA) is 114 Å². The van der Waals surface area contributed by atoms with Gasteiger partial charge in [0.2, 0.25) is 5.91 Å². The van der Waals surface area contributed by atoms with Crippen LogP contribution in [0.1, 0.15) is 28.9 Å². The maximum absolute atomic E-state index is 13.0. The number of fused-ring (bicyclic) bond motifs is 1. The first-order valence-corrected chi connectivity index (χ1v) is 9.87. The maximum Gasteiger partial charge on any atom is 0.416 e. The second kappa shape index (κ2) is 9.74. The number of aromatic amines is 1. The molecule has 2 aromatic heterocycles. The average Bonchev–Trinajstić information content (AvgIpc) is 3.22. The molecule has 0 saturated heterocycles. The minimum atomic E-state index is -4.52. The van der Waals surface area contributed by atoms with E-state index in [1.165, 1.54) is 18.2 Å². The van der Waals surface area contributed by atoms with Crippen molar-refractivity contribution in [1.82, 2.24) is 20.3 Å². The first-order valence-electron chi connectivity index (χ1n) is 9.87. The minimum Gasteiger partial charge on any atom is -0.368 e. The second-order valence-electron chi connectivity index (χ2n) is 7.38. The van der Waals surface area contributed by atoms with Crippen molar-refractivity contribution in [3.8, 4) is 11.4 Å². The van der Waals surface area contributed by atoms with Crippen LogP contribution in [0.5, 0.6) is 0 Å². The predicted molar refractivity (Wildman–Crippen MR) is 122 cm³/mol. The fraction of sp³-hybridized carbons (Fsp3) is 0.167. The van der Waals surface area contributed by atoms with Gasteiger partial charge in [0.15, 0.2) is 0 Å². The number of rotatable bonds is 6. The summed E-state index contributed by atoms with van der Waals surface area (Å²) in [5.41, 5.74) is 7.07. The lowest BCUT2D eigenvalue weighted by molar-refractivity contribution is -0.137. The molecule has 2 aromatic carbocycles. The molecule has 34 heavy (non-hydrogen) atoms. The van der Waals surface area contributed by atoms with Crippen molar-refractivity contribution in [1.29, 1.82) is 0 Å². The molecular weight excluding hydrogens is 447 g/mol. The van der Waals surface area contributed by atoms with Gasteiger partial charge >= 0.3 is 6.18 Å². The van der Waals surface area contributed by atoms with E-state index < -0.39 is 29.6 Å². The number of primary amides is 1. The highest BCUT2D eigenvalue weighted by atomic mass is 19.4. The Kier molecular flexibility index (Phi) is 7.00. The SMILES string of the molecule is C.NC(=O)[C@H](Cc1cccc(C(F)(F)F)c1)NC(=O)c1ccc2nc(-c3ccncc3)[nH]c2c1. The van der Waals surface area contributed by atoms with Crippen molar-refractivity contribution < 1.29 is 22.8 Å². The first kappa shape index (κ1) is 24.4. The zero-order chi connectivity index (χ0) is 23.6. The molecule has 0 aliphatic carbocycles. The summed E-state index contributed by atoms with van der Waals surface area (Å²) < 4.78 is 38.9. The highest BCUT2D eigenvalue weighted by Crippen LogP contribution is 2.29. The van der Waals surface area contributed by atoms with E-state index in [4.69, 9.17) is 5.73 Å². The molecule has 0 bridgehead atoms. The second-order valence-corrected chi connectivity index (χ2v) is 7.38. The number of amides is 2. The quantitative estimate of drug-likeness (QED) is 0.394. The summed E-state index contributed by atoms with van der Waals surface area (Å²) >= 11 is 0. The summed E-state index contributed by atoms with van der Waals surface area (Å²) in [7, 11) is 0. The number of carbonyl (C=O) groups excluding carboxylic acids is 2. The number of alkyl halides is 3. The molecule has 10 heteroatoms. The molecule has 0 radical (unpaired) electrons. The number of nitrogens with zero attached hydrogens (tertiary/aromatic N) is 2. The number of nitrogens with two attached hydrogens (primary N) is 1. The van der Waals surface area contributed by atoms with Crippen LogP contribution in [-0.2, 0) is 17.4 Å². The van der Waals surface area contributed by atoms with Gasteiger partial charge in [0, 0.05) is 29.9 Å². The van der Waals surface area contributed by atoms with Crippen LogP contribution in [0.15, 0.2) is 67.0 Å². The molecule has 1 atom stereocenters. The normalized spacial score (nSPS) is 12.1. The van der Waals surface area contributed by atoms with Gasteiger partial charge in [0.05, 0.1) is 16.6 Å². The van der Waals surface area contributed by atoms with E-state index in [9.17, 15) is 22.8 Å². The number of pyridine rings is 1. The standard InChI is InChI=1S/C23H18F3N5O2.CH4/c24-23(25,26)16-3-1-2-13(10-16)11-19(20(27)32)31-22(33)15-4-5-17-18(12-15)30-21(29-17)14-6-8-28-9-7-14;/h1-10,12,19H,11H2,(H2,27,32)(H,29,30)(H,31,33);1H4/t19-;/m0./s1. The van der Waals surface area contributed by atoms with Crippen LogP contribution in [-0.4, -0.2) is 32.8 Å². The molecule has 0 aliphatic rings. The molecule has 0 unspecified atom stereocenters. The lowest BCUT2D eigenvalue weighted by Crippen LogP contribution is -2.45. The zero-order valence-electron chi connectivity index (χ0n) is 17.1. The Hall–Kier alpha value is -4.21. The summed E-state index contributed by atoms with van der Waals surface area (Å²) in [6, 6.07) is 11.7. The Morgan fingerprint density at radius 3 is 2.47 bits per heavy atom. The molecule has 7 nitrogen and oxygen atoms in total. The van der Waals surface area contributed by atoms with E-state index in [0.29, 0.717) is 16.9 Å². The number of hydrogen-bond acceptors (Lipinski definition) is 4. The van der Waals surface area contributed by atoms with Crippen molar-refractivity contribution in [3.63, 3.8) is 0 Å². The summed E-state index contributed by atoms with van der Waals surface area (Å²) in [5.74, 6) is -0.847. The van der Waals surface area contributed by atoms with E-state index in [-0.39, 0.29) is 25.0 Å². The van der Waals surface area contributed by atoms with Crippen LogP contribution in [0.4, 0.5) is 13.2 Å². The van der Waals surface area contributed by atoms with Crippen molar-refractivity contribution in [2.75, 3.05) is 0 Å². The molecule has 0 saturated carbocycles. The zero-order valence-corrected chi connectivity index (χ0v) is 17.1. The van der Waals surface area contributed by atoms with Crippen LogP contribution in [0.2, 0.25) is 0 Å². The number of aromatic nitrogens is 3. The monoisotopic (exact) mass is 469 g/mol. The van der Waals surface area contributed by atoms with E-state index >= 15 is 0 Å². The van der Waals surface area contributed by atoms with Gasteiger partial charge in [-0.1, -0.05) is 25.6 Å². The van der Waals surface area contributed by atoms with Gasteiger partial charge in [0.25, 0.3) is 5.91 Å². The number of halogens is 3. The van der Waals surface area contributed by atoms with Gasteiger partial charge in [-0.25, -0.2) is 4.98 Å². The van der Waals surface area contributed by atoms with Crippen LogP contribution in [0.3, 0.4) is 0 Å². The molecule has 4 rings (SSSR count). The molecule has 0 spiro atoms. The summed E-state index contributed by atoms with van der Waals surface area (Å²) in [5, 5.41) is 2.51. The Bertz CT molecular complexity index is 1320. The van der Waals surface area contributed by atoms with Gasteiger partial charge in [-0.05, 0) is 42.0 Å². The van der Waals surface area contributed by atoms with E-state index in [1.54, 1.807) is 36.7 Å². The lowest BCUT2D eigenvalue weighted by Gasteiger charge is -2.16. The molecular formula is C24H22F3N5O2. The van der Waals surface area contributed by atoms with Gasteiger partial charge in [-0.3, -0.25) is 14.6 Å². The summed E-state index contributed by atoms with van der Waals surface area (Å²) in [6.45, 7) is 0. The highest BCUT2D eigenvalue weighted by molar-refractivity contribution is 6.00. The van der Waals surface area contributed by atoms with Gasteiger partial charge in [-0.15, -0.1) is 0 Å². The molecule has 0 aliphatic heterocycles. The maximum atomic E-state index is 13.0. The molecule has 0 fully saturated rings. The van der Waals surface area contributed by atoms with Gasteiger partial charge < -0.3 is 16.0 Å². The summed E-state index contributed by atoms with van der Waals surface area (Å²) in [6.07, 6.45) is -1.43. The third kappa shape index (κ3) is 5.40. The Labute approximate surface area is 193 Å². The largest absolute Gasteiger partial charge is 0.416 e. The van der Waals surface area contributed by atoms with E-state index in [1.807, 2.05) is 0 Å². The van der Waals surface area contributed by atoms with Crippen LogP contribution in [0, 0.1) is 0 Å². The number of carbonyl (C=O) groups is 2. The number of hydrogen-bond donors (Lipinski definition) is 3. The third-order valence-electron chi connectivity index (χ3n) is 5.04. The van der Waals surface area contributed by atoms with Crippen LogP contribution < -0.4 is 11.1 Å². The van der Waals surface area contributed by atoms with Crippen LogP contribution >= 0.6 is 0 Å². The molecule has 2 heterocycles. The fourth-order valence-corrected chi connectivity index (χ4v) is 3.37. The predicted octanol–water partition coefficient (Wildman–Crippen LogP) is 4.11. The van der Waals surface area contributed by atoms with Crippen molar-refractivity contribution in [3.05, 3.63) is 83.7 Å². The van der Waals surface area contributed by atoms with Crippen molar-refractivity contribution in [2.45, 2.75) is 26.1 Å². The van der Waals surface area contributed by atoms with Crippen molar-refractivity contribution in [2.24, 2.45) is 5.73 Å². The Morgan fingerprint density at radius 1 is 1.06 bits per heavy atom. The van der Waals surface area contributed by atoms with E-state index in [0.717, 1.165) is 17.7 Å². The van der Waals surface area contributed by atoms with Crippen molar-refractivity contribution >= 4 is 22.8 Å². The van der Waals surface area contributed by atoms with Gasteiger partial charge in [-0.2, -0.15) is 13.2 Å². The van der Waals surface area contributed by atoms with Crippen LogP contribution in [0.25, 0.3) is 22.4 Å². The lowest BCUT2D eigenvalue weighted by atomic mass is 10.0. The third-order valence-corrected chi connectivity index (χ3v) is 5.04. The molecule has 2 amide bonds. The summed E-state index contributed by atoms with van der Waals surface area (Å²) in [4.78, 5) is 36.2. The fourth-order valence-electron chi connectivity index (χ4n) is 3.37. The molecule has 4 aromatic rings. The first-order chi connectivity index (χ1) is 15.7. The Balaban J connectivity index is 0.00000324. The molecule has 4 N–H and O–H groups in total. The molecule has 176 valence electrons. The smallest absolute Gasteiger partial charge is 0.368 e. The average molecular weight is 469 g/mol. The highest BCUT2D eigenvalue weighted by Gasteiger charge is 2.31. The van der Waals surface area contributed by atoms with Gasteiger partial charge in [0.1, 0.15) is 11.9 Å². The van der Waals surface area contributed by atoms with E-state index in [2.05, 4.69) is 20.3 Å². The number of imidazole rings is 1. The number of H-pyrrole nitrogens is 1. The number of benzene rings is 2. The number of nitrogens with one attached hydrogen (secondary N) is 2.